The van der Waals surface area contributed by atoms with Crippen LogP contribution in [0.1, 0.15) is 13.3 Å². The average Bonchev–Trinajstić information content (AvgIpc) is 2.57. The molecule has 7 N–H and O–H groups in total. The Kier molecular flexibility index (Phi) is 6.72. The topological polar surface area (TPSA) is 169 Å². The van der Waals surface area contributed by atoms with Crippen molar-refractivity contribution in [2.24, 2.45) is 23.3 Å². The largest absolute Gasteiger partial charge is 0.388 e. The normalized spacial score (nSPS) is 39.9. The molecule has 144 valence electrons. The number of ether oxygens (including phenoxy) is 2. The Bertz CT molecular complexity index is 492. The smallest absolute Gasteiger partial charge is 0.222 e. The second-order valence-electron chi connectivity index (χ2n) is 6.66. The number of nitrogens with two attached hydrogens (primary N) is 2. The molecule has 2 aliphatic heterocycles. The Balaban J connectivity index is 1.82. The molecule has 10 nitrogen and oxygen atoms in total. The number of piperidine rings is 1. The zero-order valence-corrected chi connectivity index (χ0v) is 14.2. The fourth-order valence-corrected chi connectivity index (χ4v) is 3.30. The monoisotopic (exact) mass is 361 g/mol. The Morgan fingerprint density at radius 2 is 1.76 bits per heavy atom. The van der Waals surface area contributed by atoms with Crippen LogP contribution < -0.4 is 11.5 Å². The first kappa shape index (κ1) is 20.0. The van der Waals surface area contributed by atoms with Crippen LogP contribution in [-0.4, -0.2) is 89.0 Å². The lowest BCUT2D eigenvalue weighted by molar-refractivity contribution is -0.293. The van der Waals surface area contributed by atoms with Crippen molar-refractivity contribution >= 4 is 11.8 Å². The first-order chi connectivity index (χ1) is 11.7. The molecule has 7 atom stereocenters. The SMILES string of the molecule is C[C@@H]1O[C@@H](OCCN2CCC(C(N)=O)C(C(N)=O)C2)[C@@H](O)[C@H](O)[C@@H]1O. The Labute approximate surface area is 145 Å². The lowest BCUT2D eigenvalue weighted by atomic mass is 9.84. The van der Waals surface area contributed by atoms with E-state index in [2.05, 4.69) is 0 Å². The molecule has 2 rings (SSSR count). The minimum atomic E-state index is -1.36. The van der Waals surface area contributed by atoms with E-state index in [0.29, 0.717) is 26.1 Å². The van der Waals surface area contributed by atoms with Gasteiger partial charge in [0, 0.05) is 13.1 Å². The van der Waals surface area contributed by atoms with E-state index in [0.717, 1.165) is 0 Å². The maximum Gasteiger partial charge on any atom is 0.222 e. The number of carbonyl (C=O) groups excluding carboxylic acids is 2. The van der Waals surface area contributed by atoms with Gasteiger partial charge in [-0.1, -0.05) is 0 Å². The van der Waals surface area contributed by atoms with E-state index in [1.165, 1.54) is 0 Å². The third kappa shape index (κ3) is 4.66. The number of likely N-dealkylation sites (tertiary alicyclic amines) is 1. The number of hydrogen-bond acceptors (Lipinski definition) is 8. The van der Waals surface area contributed by atoms with Gasteiger partial charge in [0.25, 0.3) is 0 Å². The van der Waals surface area contributed by atoms with Crippen molar-refractivity contribution in [1.82, 2.24) is 4.90 Å². The molecular weight excluding hydrogens is 334 g/mol. The second kappa shape index (κ2) is 8.39. The number of amides is 2. The fourth-order valence-electron chi connectivity index (χ4n) is 3.30. The number of nitrogens with zero attached hydrogens (tertiary/aromatic N) is 1. The summed E-state index contributed by atoms with van der Waals surface area (Å²) < 4.78 is 10.8. The molecule has 0 spiro atoms. The lowest BCUT2D eigenvalue weighted by Crippen LogP contribution is -2.57. The van der Waals surface area contributed by atoms with Crippen LogP contribution in [0.25, 0.3) is 0 Å². The summed E-state index contributed by atoms with van der Waals surface area (Å²) in [5, 5.41) is 29.3. The second-order valence-corrected chi connectivity index (χ2v) is 6.66. The number of hydrogen-bond donors (Lipinski definition) is 5. The van der Waals surface area contributed by atoms with Crippen LogP contribution in [0.3, 0.4) is 0 Å². The minimum absolute atomic E-state index is 0.171. The summed E-state index contributed by atoms with van der Waals surface area (Å²) in [7, 11) is 0. The van der Waals surface area contributed by atoms with E-state index in [4.69, 9.17) is 20.9 Å². The average molecular weight is 361 g/mol. The quantitative estimate of drug-likeness (QED) is 0.328. The van der Waals surface area contributed by atoms with Gasteiger partial charge in [0.05, 0.1) is 24.5 Å². The molecular formula is C15H27N3O7. The Hall–Kier alpha value is -1.30. The van der Waals surface area contributed by atoms with Gasteiger partial charge in [0.2, 0.25) is 11.8 Å². The van der Waals surface area contributed by atoms with Gasteiger partial charge < -0.3 is 41.2 Å². The molecule has 0 saturated carbocycles. The van der Waals surface area contributed by atoms with Crippen LogP contribution in [0.2, 0.25) is 0 Å². The summed E-state index contributed by atoms with van der Waals surface area (Å²) >= 11 is 0. The summed E-state index contributed by atoms with van der Waals surface area (Å²) in [5.41, 5.74) is 10.7. The van der Waals surface area contributed by atoms with Crippen LogP contribution in [-0.2, 0) is 19.1 Å². The molecule has 25 heavy (non-hydrogen) atoms. The van der Waals surface area contributed by atoms with E-state index >= 15 is 0 Å². The van der Waals surface area contributed by atoms with Crippen molar-refractivity contribution in [1.29, 1.82) is 0 Å². The van der Waals surface area contributed by atoms with Gasteiger partial charge in [-0.2, -0.15) is 0 Å². The van der Waals surface area contributed by atoms with Crippen molar-refractivity contribution in [2.45, 2.75) is 44.1 Å². The summed E-state index contributed by atoms with van der Waals surface area (Å²) in [6, 6.07) is 0. The van der Waals surface area contributed by atoms with Crippen LogP contribution in [0.15, 0.2) is 0 Å². The molecule has 0 aliphatic carbocycles. The van der Waals surface area contributed by atoms with E-state index in [1.54, 1.807) is 6.92 Å². The van der Waals surface area contributed by atoms with E-state index < -0.39 is 54.4 Å². The predicted octanol–water partition coefficient (Wildman–Crippen LogP) is -3.26. The van der Waals surface area contributed by atoms with Gasteiger partial charge in [0.1, 0.15) is 18.3 Å². The lowest BCUT2D eigenvalue weighted by Gasteiger charge is -2.39. The highest BCUT2D eigenvalue weighted by atomic mass is 16.7. The molecule has 2 heterocycles. The van der Waals surface area contributed by atoms with Crippen LogP contribution in [0.4, 0.5) is 0 Å². The first-order valence-corrected chi connectivity index (χ1v) is 8.34. The first-order valence-electron chi connectivity index (χ1n) is 8.34. The fraction of sp³-hybridized carbons (Fsp3) is 0.867. The maximum absolute atomic E-state index is 11.5. The van der Waals surface area contributed by atoms with Gasteiger partial charge in [-0.3, -0.25) is 9.59 Å². The van der Waals surface area contributed by atoms with Gasteiger partial charge in [-0.15, -0.1) is 0 Å². The van der Waals surface area contributed by atoms with Crippen LogP contribution >= 0.6 is 0 Å². The molecule has 10 heteroatoms. The number of primary amides is 2. The Morgan fingerprint density at radius 3 is 2.36 bits per heavy atom. The highest BCUT2D eigenvalue weighted by Gasteiger charge is 2.42. The van der Waals surface area contributed by atoms with E-state index in [9.17, 15) is 24.9 Å². The molecule has 2 aliphatic rings. The van der Waals surface area contributed by atoms with Gasteiger partial charge in [0.15, 0.2) is 6.29 Å². The number of rotatable bonds is 6. The molecule has 2 amide bonds. The number of aliphatic hydroxyl groups excluding tert-OH is 3. The molecule has 2 unspecified atom stereocenters. The van der Waals surface area contributed by atoms with Crippen LogP contribution in [0.5, 0.6) is 0 Å². The number of aliphatic hydroxyl groups is 3. The van der Waals surface area contributed by atoms with Gasteiger partial charge in [-0.05, 0) is 19.9 Å². The summed E-state index contributed by atoms with van der Waals surface area (Å²) in [5.74, 6) is -2.29. The van der Waals surface area contributed by atoms with E-state index in [-0.39, 0.29) is 6.61 Å². The maximum atomic E-state index is 11.5. The highest BCUT2D eigenvalue weighted by molar-refractivity contribution is 5.86. The van der Waals surface area contributed by atoms with Crippen molar-refractivity contribution in [3.8, 4) is 0 Å². The van der Waals surface area contributed by atoms with Crippen molar-refractivity contribution in [3.63, 3.8) is 0 Å². The Morgan fingerprint density at radius 1 is 1.12 bits per heavy atom. The third-order valence-corrected chi connectivity index (χ3v) is 4.93. The van der Waals surface area contributed by atoms with Crippen LogP contribution in [0, 0.1) is 11.8 Å². The predicted molar refractivity (Wildman–Crippen MR) is 84.7 cm³/mol. The molecule has 0 aromatic heterocycles. The molecule has 2 saturated heterocycles. The van der Waals surface area contributed by atoms with Crippen molar-refractivity contribution in [3.05, 3.63) is 0 Å². The van der Waals surface area contributed by atoms with Gasteiger partial charge in [-0.25, -0.2) is 0 Å². The van der Waals surface area contributed by atoms with Gasteiger partial charge >= 0.3 is 0 Å². The standard InChI is InChI=1S/C15H27N3O7/c1-7-10(19)11(20)12(21)15(25-7)24-5-4-18-3-2-8(13(16)22)9(6-18)14(17)23/h7-12,15,19-21H,2-6H2,1H3,(H2,16,22)(H2,17,23)/t7-,8?,9?,10+,11+,12-,15+/m0/s1. The minimum Gasteiger partial charge on any atom is -0.388 e. The van der Waals surface area contributed by atoms with Crippen molar-refractivity contribution in [2.75, 3.05) is 26.2 Å². The summed E-state index contributed by atoms with van der Waals surface area (Å²) in [4.78, 5) is 24.9. The molecule has 0 bridgehead atoms. The molecule has 0 radical (unpaired) electrons. The number of carbonyl (C=O) groups is 2. The molecule has 0 aromatic rings. The highest BCUT2D eigenvalue weighted by Crippen LogP contribution is 2.24. The molecule has 0 aromatic carbocycles. The van der Waals surface area contributed by atoms with E-state index in [1.807, 2.05) is 4.90 Å². The van der Waals surface area contributed by atoms with Crippen molar-refractivity contribution < 1.29 is 34.4 Å². The zero-order valence-electron chi connectivity index (χ0n) is 14.2. The third-order valence-electron chi connectivity index (χ3n) is 4.93. The summed E-state index contributed by atoms with van der Waals surface area (Å²) in [6.07, 6.45) is -5.17. The molecule has 2 fully saturated rings. The zero-order chi connectivity index (χ0) is 18.7. The summed E-state index contributed by atoms with van der Waals surface area (Å²) in [6.45, 7) is 3.03.